The molecule has 0 aliphatic carbocycles. The average Bonchev–Trinajstić information content (AvgIpc) is 2.78. The lowest BCUT2D eigenvalue weighted by atomic mass is 9.88. The van der Waals surface area contributed by atoms with Gasteiger partial charge >= 0.3 is 12.1 Å². The van der Waals surface area contributed by atoms with Crippen molar-refractivity contribution in [2.75, 3.05) is 20.0 Å². The molecule has 2 unspecified atom stereocenters. The summed E-state index contributed by atoms with van der Waals surface area (Å²) in [6.45, 7) is 0.119. The lowest BCUT2D eigenvalue weighted by Crippen LogP contribution is -2.42. The summed E-state index contributed by atoms with van der Waals surface area (Å²) in [5, 5.41) is 2.79. The average molecular weight is 464 g/mol. The molecule has 2 rings (SSSR count). The second-order valence-electron chi connectivity index (χ2n) is 7.25. The first-order chi connectivity index (χ1) is 15.3. The van der Waals surface area contributed by atoms with E-state index in [2.05, 4.69) is 5.32 Å². The number of amides is 1. The van der Waals surface area contributed by atoms with E-state index in [1.165, 1.54) is 7.11 Å². The van der Waals surface area contributed by atoms with Crippen molar-refractivity contribution in [2.45, 2.75) is 37.8 Å². The van der Waals surface area contributed by atoms with Gasteiger partial charge in [0.15, 0.2) is 0 Å². The van der Waals surface area contributed by atoms with E-state index in [4.69, 9.17) is 13.7 Å². The molecule has 2 aromatic carbocycles. The van der Waals surface area contributed by atoms with E-state index in [0.717, 1.165) is 11.8 Å². The zero-order valence-electron chi connectivity index (χ0n) is 18.2. The molecular weight excluding hydrogens is 434 g/mol. The largest absolute Gasteiger partial charge is 0.468 e. The molecule has 0 aliphatic heterocycles. The van der Waals surface area contributed by atoms with E-state index >= 15 is 0 Å². The third-order valence-electron chi connectivity index (χ3n) is 4.74. The van der Waals surface area contributed by atoms with Crippen molar-refractivity contribution in [3.63, 3.8) is 0 Å². The van der Waals surface area contributed by atoms with Crippen LogP contribution in [0, 0.1) is 0 Å². The molecule has 0 heterocycles. The number of carbonyl (C=O) groups is 2. The molecule has 0 saturated carbocycles. The smallest absolute Gasteiger partial charge is 0.407 e. The lowest BCUT2D eigenvalue weighted by molar-refractivity contribution is -0.143. The molecule has 0 aliphatic rings. The Morgan fingerprint density at radius 3 is 2.19 bits per heavy atom. The van der Waals surface area contributed by atoms with Gasteiger partial charge < -0.3 is 14.8 Å². The molecule has 0 fully saturated rings. The summed E-state index contributed by atoms with van der Waals surface area (Å²) in [7, 11) is -2.22. The number of ether oxygens (including phenoxy) is 2. The Labute approximate surface area is 189 Å². The van der Waals surface area contributed by atoms with Crippen molar-refractivity contribution >= 4 is 22.2 Å². The maximum absolute atomic E-state index is 12.6. The molecular formula is C23H29NO7S. The standard InChI is InChI=1S/C23H29NO7S/c1-29-22(25)21(19-13-7-4-8-14-19)20(15-9-10-16-31-32(2,27)28)24-23(26)30-17-18-11-5-3-6-12-18/h3-8,11-14,20-21H,9-10,15-17H2,1-2H3,(H,24,26). The minimum Gasteiger partial charge on any atom is -0.468 e. The molecule has 8 nitrogen and oxygen atoms in total. The van der Waals surface area contributed by atoms with Gasteiger partial charge in [-0.05, 0) is 30.4 Å². The van der Waals surface area contributed by atoms with Gasteiger partial charge in [-0.25, -0.2) is 4.79 Å². The number of hydrogen-bond acceptors (Lipinski definition) is 7. The number of alkyl carbamates (subject to hydrolysis) is 1. The number of nitrogens with one attached hydrogen (secondary N) is 1. The highest BCUT2D eigenvalue weighted by atomic mass is 32.2. The molecule has 174 valence electrons. The van der Waals surface area contributed by atoms with Gasteiger partial charge in [0.1, 0.15) is 12.5 Å². The first kappa shape index (κ1) is 25.4. The van der Waals surface area contributed by atoms with Crippen molar-refractivity contribution in [3.05, 3.63) is 71.8 Å². The Hall–Kier alpha value is -2.91. The number of unbranched alkanes of at least 4 members (excludes halogenated alkanes) is 1. The second-order valence-corrected chi connectivity index (χ2v) is 8.89. The van der Waals surface area contributed by atoms with Crippen LogP contribution in [0.2, 0.25) is 0 Å². The van der Waals surface area contributed by atoms with Crippen LogP contribution in [0.3, 0.4) is 0 Å². The van der Waals surface area contributed by atoms with E-state index in [1.807, 2.05) is 36.4 Å². The van der Waals surface area contributed by atoms with Gasteiger partial charge in [-0.3, -0.25) is 8.98 Å². The van der Waals surface area contributed by atoms with Gasteiger partial charge in [-0.15, -0.1) is 0 Å². The highest BCUT2D eigenvalue weighted by molar-refractivity contribution is 7.85. The molecule has 32 heavy (non-hydrogen) atoms. The van der Waals surface area contributed by atoms with Crippen LogP contribution in [-0.4, -0.2) is 46.5 Å². The number of methoxy groups -OCH3 is 1. The highest BCUT2D eigenvalue weighted by Crippen LogP contribution is 2.25. The van der Waals surface area contributed by atoms with Crippen LogP contribution in [0.25, 0.3) is 0 Å². The molecule has 0 bridgehead atoms. The normalized spacial score (nSPS) is 13.1. The Kier molecular flexibility index (Phi) is 10.2. The van der Waals surface area contributed by atoms with E-state index in [1.54, 1.807) is 24.3 Å². The van der Waals surface area contributed by atoms with Crippen molar-refractivity contribution in [3.8, 4) is 0 Å². The summed E-state index contributed by atoms with van der Waals surface area (Å²) in [6, 6.07) is 17.6. The lowest BCUT2D eigenvalue weighted by Gasteiger charge is -2.26. The van der Waals surface area contributed by atoms with Gasteiger partial charge in [-0.1, -0.05) is 60.7 Å². The van der Waals surface area contributed by atoms with Crippen LogP contribution in [0.1, 0.15) is 36.3 Å². The Bertz CT molecular complexity index is 949. The predicted molar refractivity (Wildman–Crippen MR) is 119 cm³/mol. The van der Waals surface area contributed by atoms with Gasteiger partial charge in [0, 0.05) is 6.04 Å². The minimum absolute atomic E-state index is 0.0260. The molecule has 9 heteroatoms. The summed E-state index contributed by atoms with van der Waals surface area (Å²) in [5.74, 6) is -1.24. The maximum Gasteiger partial charge on any atom is 0.407 e. The number of benzene rings is 2. The third-order valence-corrected chi connectivity index (χ3v) is 5.33. The molecule has 0 radical (unpaired) electrons. The summed E-state index contributed by atoms with van der Waals surface area (Å²) in [4.78, 5) is 25.1. The maximum atomic E-state index is 12.6. The fourth-order valence-electron chi connectivity index (χ4n) is 3.23. The first-order valence-electron chi connectivity index (χ1n) is 10.2. The molecule has 2 aromatic rings. The van der Waals surface area contributed by atoms with Crippen LogP contribution in [0.4, 0.5) is 4.79 Å². The van der Waals surface area contributed by atoms with E-state index < -0.39 is 34.1 Å². The molecule has 0 saturated heterocycles. The zero-order chi connectivity index (χ0) is 23.4. The fraction of sp³-hybridized carbons (Fsp3) is 0.391. The van der Waals surface area contributed by atoms with Crippen molar-refractivity contribution in [1.82, 2.24) is 5.32 Å². The van der Waals surface area contributed by atoms with Gasteiger partial charge in [-0.2, -0.15) is 8.42 Å². The van der Waals surface area contributed by atoms with E-state index in [9.17, 15) is 18.0 Å². The SMILES string of the molecule is COC(=O)C(c1ccccc1)C(CCCCOS(C)(=O)=O)NC(=O)OCc1ccccc1. The number of hydrogen-bond donors (Lipinski definition) is 1. The Morgan fingerprint density at radius 1 is 0.969 bits per heavy atom. The highest BCUT2D eigenvalue weighted by Gasteiger charge is 2.32. The topological polar surface area (TPSA) is 108 Å². The van der Waals surface area contributed by atoms with Crippen molar-refractivity contribution < 1.29 is 31.7 Å². The predicted octanol–water partition coefficient (Wildman–Crippen LogP) is 3.38. The molecule has 0 spiro atoms. The Morgan fingerprint density at radius 2 is 1.59 bits per heavy atom. The summed E-state index contributed by atoms with van der Waals surface area (Å²) < 4.78 is 37.3. The molecule has 0 aromatic heterocycles. The number of rotatable bonds is 12. The first-order valence-corrected chi connectivity index (χ1v) is 12.1. The number of carbonyl (C=O) groups excluding carboxylic acids is 2. The van der Waals surface area contributed by atoms with E-state index in [-0.39, 0.29) is 13.2 Å². The van der Waals surface area contributed by atoms with Crippen molar-refractivity contribution in [2.24, 2.45) is 0 Å². The molecule has 2 atom stereocenters. The van der Waals surface area contributed by atoms with Gasteiger partial charge in [0.25, 0.3) is 10.1 Å². The van der Waals surface area contributed by atoms with Gasteiger partial charge in [0.05, 0.1) is 20.0 Å². The minimum atomic E-state index is -3.52. The summed E-state index contributed by atoms with van der Waals surface area (Å²) >= 11 is 0. The molecule has 1 N–H and O–H groups in total. The van der Waals surface area contributed by atoms with Crippen LogP contribution in [0.15, 0.2) is 60.7 Å². The Balaban J connectivity index is 2.09. The van der Waals surface area contributed by atoms with Crippen LogP contribution in [-0.2, 0) is 35.2 Å². The monoisotopic (exact) mass is 463 g/mol. The summed E-state index contributed by atoms with van der Waals surface area (Å²) in [5.41, 5.74) is 1.53. The molecule has 1 amide bonds. The summed E-state index contributed by atoms with van der Waals surface area (Å²) in [6.07, 6.45) is 1.67. The third kappa shape index (κ3) is 9.07. The quantitative estimate of drug-likeness (QED) is 0.292. The zero-order valence-corrected chi connectivity index (χ0v) is 19.0. The fourth-order valence-corrected chi connectivity index (χ4v) is 3.66. The van der Waals surface area contributed by atoms with Crippen LogP contribution >= 0.6 is 0 Å². The van der Waals surface area contributed by atoms with Crippen molar-refractivity contribution in [1.29, 1.82) is 0 Å². The van der Waals surface area contributed by atoms with Gasteiger partial charge in [0.2, 0.25) is 0 Å². The van der Waals surface area contributed by atoms with Crippen LogP contribution in [0.5, 0.6) is 0 Å². The second kappa shape index (κ2) is 12.8. The van der Waals surface area contributed by atoms with Crippen LogP contribution < -0.4 is 5.32 Å². The van der Waals surface area contributed by atoms with E-state index in [0.29, 0.717) is 24.8 Å². The number of esters is 1.